The van der Waals surface area contributed by atoms with Crippen LogP contribution in [0.15, 0.2) is 108 Å². The molecule has 0 aliphatic heterocycles. The molecule has 0 radical (unpaired) electrons. The van der Waals surface area contributed by atoms with Crippen molar-refractivity contribution in [2.24, 2.45) is 0 Å². The molecular formula is C38H22N4O. The van der Waals surface area contributed by atoms with Crippen LogP contribution in [0.5, 0.6) is 0 Å². The summed E-state index contributed by atoms with van der Waals surface area (Å²) in [6, 6.07) is 37.5. The van der Waals surface area contributed by atoms with E-state index in [0.29, 0.717) is 11.1 Å². The van der Waals surface area contributed by atoms with E-state index in [2.05, 4.69) is 106 Å². The van der Waals surface area contributed by atoms with Gasteiger partial charge < -0.3 is 13.6 Å². The molecule has 5 aromatic carbocycles. The number of aromatic nitrogens is 2. The Bertz CT molecular complexity index is 2580. The molecule has 5 nitrogen and oxygen atoms in total. The standard InChI is InChI=1S/C38H22N4O/c39-21-23-14-15-26(20-24(23)22-40)42-32-13-7-5-11-30(32)36-34(42)19-17-28-27-16-18-33-35(37(27)43-38(28)36)29-10-4-6-12-31(29)41(33)25-8-2-1-3-9-25/h1-6,8-12,14-20H,7,13H2. The molecule has 200 valence electrons. The summed E-state index contributed by atoms with van der Waals surface area (Å²) < 4.78 is 11.5. The molecule has 3 aromatic heterocycles. The molecule has 0 bridgehead atoms. The fourth-order valence-electron chi connectivity index (χ4n) is 7.05. The zero-order valence-electron chi connectivity index (χ0n) is 23.0. The summed E-state index contributed by atoms with van der Waals surface area (Å²) in [7, 11) is 0. The lowest BCUT2D eigenvalue weighted by molar-refractivity contribution is 0.676. The zero-order valence-corrected chi connectivity index (χ0v) is 23.0. The predicted octanol–water partition coefficient (Wildman–Crippen LogP) is 9.33. The Labute approximate surface area is 246 Å². The summed E-state index contributed by atoms with van der Waals surface area (Å²) in [5, 5.41) is 24.7. The van der Waals surface area contributed by atoms with Crippen molar-refractivity contribution in [2.45, 2.75) is 12.8 Å². The summed E-state index contributed by atoms with van der Waals surface area (Å²) in [5.74, 6) is 0. The van der Waals surface area contributed by atoms with Crippen molar-refractivity contribution < 1.29 is 4.42 Å². The van der Waals surface area contributed by atoms with Gasteiger partial charge in [0, 0.05) is 38.8 Å². The van der Waals surface area contributed by atoms with Gasteiger partial charge in [-0.3, -0.25) is 0 Å². The molecule has 3 heterocycles. The van der Waals surface area contributed by atoms with Crippen LogP contribution in [-0.4, -0.2) is 9.13 Å². The number of hydrogen-bond acceptors (Lipinski definition) is 3. The van der Waals surface area contributed by atoms with Crippen molar-refractivity contribution >= 4 is 60.7 Å². The lowest BCUT2D eigenvalue weighted by Crippen LogP contribution is -2.03. The molecule has 0 amide bonds. The van der Waals surface area contributed by atoms with Crippen molar-refractivity contribution in [3.8, 4) is 23.5 Å². The number of hydrogen-bond donors (Lipinski definition) is 0. The molecule has 1 aliphatic rings. The molecule has 0 saturated carbocycles. The third kappa shape index (κ3) is 3.14. The van der Waals surface area contributed by atoms with Crippen LogP contribution in [-0.2, 0) is 6.42 Å². The van der Waals surface area contributed by atoms with Crippen molar-refractivity contribution in [2.75, 3.05) is 0 Å². The lowest BCUT2D eigenvalue weighted by Gasteiger charge is -2.13. The van der Waals surface area contributed by atoms with Crippen LogP contribution in [0.1, 0.15) is 28.8 Å². The van der Waals surface area contributed by atoms with Crippen molar-refractivity contribution in [1.82, 2.24) is 9.13 Å². The highest BCUT2D eigenvalue weighted by molar-refractivity contribution is 6.26. The topological polar surface area (TPSA) is 70.6 Å². The molecule has 5 heteroatoms. The Morgan fingerprint density at radius 3 is 2.12 bits per heavy atom. The molecule has 8 aromatic rings. The van der Waals surface area contributed by atoms with Crippen LogP contribution >= 0.6 is 0 Å². The summed E-state index contributed by atoms with van der Waals surface area (Å²) >= 11 is 0. The van der Waals surface area contributed by atoms with E-state index in [1.165, 1.54) is 5.69 Å². The van der Waals surface area contributed by atoms with Gasteiger partial charge in [0.1, 0.15) is 23.3 Å². The van der Waals surface area contributed by atoms with Gasteiger partial charge in [0.2, 0.25) is 0 Å². The molecule has 0 fully saturated rings. The maximum Gasteiger partial charge on any atom is 0.145 e. The minimum atomic E-state index is 0.379. The Balaban J connectivity index is 1.41. The fraction of sp³-hybridized carbons (Fsp3) is 0.0526. The van der Waals surface area contributed by atoms with E-state index >= 15 is 0 Å². The highest BCUT2D eigenvalue weighted by Gasteiger charge is 2.25. The minimum Gasteiger partial charge on any atom is -0.455 e. The first-order chi connectivity index (χ1) is 21.3. The van der Waals surface area contributed by atoms with E-state index < -0.39 is 0 Å². The third-order valence-electron chi connectivity index (χ3n) is 8.86. The highest BCUT2D eigenvalue weighted by atomic mass is 16.3. The minimum absolute atomic E-state index is 0.379. The van der Waals surface area contributed by atoms with Crippen LogP contribution in [0.4, 0.5) is 0 Å². The summed E-state index contributed by atoms with van der Waals surface area (Å²) in [4.78, 5) is 0. The van der Waals surface area contributed by atoms with Gasteiger partial charge in [-0.05, 0) is 73.5 Å². The summed E-state index contributed by atoms with van der Waals surface area (Å²) in [5.41, 5.74) is 10.1. The SMILES string of the molecule is N#Cc1ccc(-n2c3c(c4c5oc6c(ccc7c6c6ccccc6n7-c6ccccc6)c5ccc42)C=CCC3)cc1C#N. The molecule has 0 saturated heterocycles. The second kappa shape index (κ2) is 8.73. The fourth-order valence-corrected chi connectivity index (χ4v) is 7.05. The molecule has 0 spiro atoms. The number of nitriles is 2. The van der Waals surface area contributed by atoms with Gasteiger partial charge >= 0.3 is 0 Å². The number of allylic oxidation sites excluding steroid dienone is 1. The monoisotopic (exact) mass is 550 g/mol. The average molecular weight is 551 g/mol. The molecule has 0 atom stereocenters. The zero-order chi connectivity index (χ0) is 28.7. The van der Waals surface area contributed by atoms with Gasteiger partial charge in [-0.1, -0.05) is 48.6 Å². The van der Waals surface area contributed by atoms with Gasteiger partial charge in [0.25, 0.3) is 0 Å². The number of nitrogens with zero attached hydrogens (tertiary/aromatic N) is 4. The third-order valence-corrected chi connectivity index (χ3v) is 8.86. The number of fused-ring (bicyclic) bond motifs is 11. The van der Waals surface area contributed by atoms with E-state index in [1.54, 1.807) is 6.07 Å². The van der Waals surface area contributed by atoms with Crippen molar-refractivity contribution in [3.63, 3.8) is 0 Å². The molecule has 9 rings (SSSR count). The van der Waals surface area contributed by atoms with Crippen LogP contribution in [0.3, 0.4) is 0 Å². The maximum absolute atomic E-state index is 9.74. The smallest absolute Gasteiger partial charge is 0.145 e. The largest absolute Gasteiger partial charge is 0.455 e. The second-order valence-corrected chi connectivity index (χ2v) is 11.1. The Morgan fingerprint density at radius 2 is 1.33 bits per heavy atom. The molecule has 1 aliphatic carbocycles. The first kappa shape index (κ1) is 23.6. The molecule has 0 unspecified atom stereocenters. The number of benzene rings is 5. The molecule has 0 N–H and O–H groups in total. The van der Waals surface area contributed by atoms with Crippen molar-refractivity contribution in [1.29, 1.82) is 10.5 Å². The second-order valence-electron chi connectivity index (χ2n) is 11.1. The first-order valence-electron chi connectivity index (χ1n) is 14.4. The number of furan rings is 1. The van der Waals surface area contributed by atoms with Gasteiger partial charge in [-0.15, -0.1) is 0 Å². The quantitative estimate of drug-likeness (QED) is 0.215. The Morgan fingerprint density at radius 1 is 0.605 bits per heavy atom. The Kier molecular flexibility index (Phi) is 4.80. The highest BCUT2D eigenvalue weighted by Crippen LogP contribution is 2.45. The number of para-hydroxylation sites is 2. The van der Waals surface area contributed by atoms with Gasteiger partial charge in [0.15, 0.2) is 0 Å². The van der Waals surface area contributed by atoms with Gasteiger partial charge in [-0.2, -0.15) is 10.5 Å². The first-order valence-corrected chi connectivity index (χ1v) is 14.4. The summed E-state index contributed by atoms with van der Waals surface area (Å²) in [6.07, 6.45) is 6.24. The van der Waals surface area contributed by atoms with Crippen LogP contribution in [0.25, 0.3) is 72.1 Å². The normalized spacial score (nSPS) is 12.8. The van der Waals surface area contributed by atoms with E-state index in [4.69, 9.17) is 4.42 Å². The van der Waals surface area contributed by atoms with Gasteiger partial charge in [0.05, 0.1) is 38.4 Å². The number of rotatable bonds is 2. The summed E-state index contributed by atoms with van der Waals surface area (Å²) in [6.45, 7) is 0. The van der Waals surface area contributed by atoms with E-state index in [0.717, 1.165) is 84.4 Å². The van der Waals surface area contributed by atoms with Crippen molar-refractivity contribution in [3.05, 3.63) is 126 Å². The van der Waals surface area contributed by atoms with E-state index in [1.807, 2.05) is 18.2 Å². The average Bonchev–Trinajstić information content (AvgIpc) is 3.72. The lowest BCUT2D eigenvalue weighted by atomic mass is 10.0. The Hall–Kier alpha value is -6.04. The van der Waals surface area contributed by atoms with E-state index in [-0.39, 0.29) is 0 Å². The van der Waals surface area contributed by atoms with Crippen LogP contribution in [0, 0.1) is 22.7 Å². The van der Waals surface area contributed by atoms with Gasteiger partial charge in [-0.25, -0.2) is 0 Å². The molecular weight excluding hydrogens is 528 g/mol. The van der Waals surface area contributed by atoms with Crippen LogP contribution in [0.2, 0.25) is 0 Å². The van der Waals surface area contributed by atoms with Crippen LogP contribution < -0.4 is 0 Å². The molecule has 43 heavy (non-hydrogen) atoms. The predicted molar refractivity (Wildman–Crippen MR) is 172 cm³/mol. The maximum atomic E-state index is 9.74. The van der Waals surface area contributed by atoms with E-state index in [9.17, 15) is 10.5 Å².